The first kappa shape index (κ1) is 17.5. The molecule has 1 heterocycles. The number of benzene rings is 2. The average Bonchev–Trinajstić information content (AvgIpc) is 2.63. The van der Waals surface area contributed by atoms with Crippen LogP contribution in [0.5, 0.6) is 0 Å². The number of carbonyl (C=O) groups is 1. The maximum Gasteiger partial charge on any atom is 0.255 e. The van der Waals surface area contributed by atoms with Gasteiger partial charge in [-0.3, -0.25) is 4.79 Å². The van der Waals surface area contributed by atoms with Gasteiger partial charge >= 0.3 is 0 Å². The van der Waals surface area contributed by atoms with Crippen molar-refractivity contribution in [2.45, 2.75) is 25.6 Å². The molecule has 1 fully saturated rings. The van der Waals surface area contributed by atoms with Crippen LogP contribution in [0.25, 0.3) is 0 Å². The number of rotatable bonds is 5. The SMILES string of the molecule is COCc1cccc(C(=O)Nc2ccccc2N2CCC(O)CC2)c1. The van der Waals surface area contributed by atoms with Crippen LogP contribution in [0.15, 0.2) is 48.5 Å². The molecule has 25 heavy (non-hydrogen) atoms. The molecule has 3 rings (SSSR count). The van der Waals surface area contributed by atoms with Gasteiger partial charge in [-0.2, -0.15) is 0 Å². The molecule has 2 aromatic rings. The van der Waals surface area contributed by atoms with Gasteiger partial charge in [0.15, 0.2) is 0 Å². The van der Waals surface area contributed by atoms with Crippen molar-refractivity contribution in [3.63, 3.8) is 0 Å². The number of aliphatic hydroxyl groups excluding tert-OH is 1. The van der Waals surface area contributed by atoms with Crippen LogP contribution in [0, 0.1) is 0 Å². The lowest BCUT2D eigenvalue weighted by molar-refractivity contribution is 0.102. The van der Waals surface area contributed by atoms with Crippen molar-refractivity contribution >= 4 is 17.3 Å². The van der Waals surface area contributed by atoms with Crippen molar-refractivity contribution in [1.29, 1.82) is 0 Å². The molecule has 0 aliphatic carbocycles. The summed E-state index contributed by atoms with van der Waals surface area (Å²) in [6.45, 7) is 2.06. The van der Waals surface area contributed by atoms with Crippen LogP contribution in [0.4, 0.5) is 11.4 Å². The summed E-state index contributed by atoms with van der Waals surface area (Å²) < 4.78 is 5.13. The quantitative estimate of drug-likeness (QED) is 0.878. The average molecular weight is 340 g/mol. The molecule has 1 saturated heterocycles. The molecule has 0 unspecified atom stereocenters. The smallest absolute Gasteiger partial charge is 0.255 e. The van der Waals surface area contributed by atoms with E-state index < -0.39 is 0 Å². The Bertz CT molecular complexity index is 724. The Morgan fingerprint density at radius 3 is 2.72 bits per heavy atom. The molecule has 2 N–H and O–H groups in total. The van der Waals surface area contributed by atoms with Crippen LogP contribution in [-0.4, -0.2) is 37.3 Å². The summed E-state index contributed by atoms with van der Waals surface area (Å²) >= 11 is 0. The number of piperidine rings is 1. The highest BCUT2D eigenvalue weighted by molar-refractivity contribution is 6.06. The van der Waals surface area contributed by atoms with Gasteiger partial charge in [-0.25, -0.2) is 0 Å². The molecule has 5 nitrogen and oxygen atoms in total. The predicted molar refractivity (Wildman–Crippen MR) is 99.0 cm³/mol. The van der Waals surface area contributed by atoms with Crippen molar-refractivity contribution in [2.75, 3.05) is 30.4 Å². The second-order valence-corrected chi connectivity index (χ2v) is 6.32. The Morgan fingerprint density at radius 2 is 1.96 bits per heavy atom. The van der Waals surface area contributed by atoms with Gasteiger partial charge in [-0.05, 0) is 42.7 Å². The van der Waals surface area contributed by atoms with Gasteiger partial charge < -0.3 is 20.1 Å². The number of nitrogens with zero attached hydrogens (tertiary/aromatic N) is 1. The van der Waals surface area contributed by atoms with Crippen molar-refractivity contribution < 1.29 is 14.6 Å². The van der Waals surface area contributed by atoms with E-state index in [0.29, 0.717) is 12.2 Å². The zero-order valence-electron chi connectivity index (χ0n) is 14.4. The summed E-state index contributed by atoms with van der Waals surface area (Å²) in [5, 5.41) is 12.7. The van der Waals surface area contributed by atoms with Gasteiger partial charge in [0.25, 0.3) is 5.91 Å². The number of hydrogen-bond donors (Lipinski definition) is 2. The Kier molecular flexibility index (Phi) is 5.68. The molecule has 0 aromatic heterocycles. The zero-order valence-corrected chi connectivity index (χ0v) is 14.4. The topological polar surface area (TPSA) is 61.8 Å². The molecule has 132 valence electrons. The highest BCUT2D eigenvalue weighted by Gasteiger charge is 2.20. The molecule has 0 saturated carbocycles. The van der Waals surface area contributed by atoms with E-state index in [-0.39, 0.29) is 12.0 Å². The number of ether oxygens (including phenoxy) is 1. The third-order valence-electron chi connectivity index (χ3n) is 4.46. The first-order valence-corrected chi connectivity index (χ1v) is 8.58. The highest BCUT2D eigenvalue weighted by atomic mass is 16.5. The molecule has 0 bridgehead atoms. The number of amides is 1. The fraction of sp³-hybridized carbons (Fsp3) is 0.350. The largest absolute Gasteiger partial charge is 0.393 e. The van der Waals surface area contributed by atoms with Crippen LogP contribution in [0.2, 0.25) is 0 Å². The first-order chi connectivity index (χ1) is 12.2. The van der Waals surface area contributed by atoms with Crippen molar-refractivity contribution in [2.24, 2.45) is 0 Å². The van der Waals surface area contributed by atoms with Crippen molar-refractivity contribution in [3.8, 4) is 0 Å². The Labute approximate surface area is 148 Å². The molecule has 5 heteroatoms. The number of anilines is 2. The Balaban J connectivity index is 1.76. The standard InChI is InChI=1S/C20H24N2O3/c1-25-14-15-5-4-6-16(13-15)20(24)21-18-7-2-3-8-19(18)22-11-9-17(23)10-12-22/h2-8,13,17,23H,9-12,14H2,1H3,(H,21,24). The van der Waals surface area contributed by atoms with E-state index in [1.54, 1.807) is 13.2 Å². The van der Waals surface area contributed by atoms with Crippen LogP contribution in [0.3, 0.4) is 0 Å². The Hall–Kier alpha value is -2.37. The molecule has 1 aliphatic rings. The minimum atomic E-state index is -0.221. The van der Waals surface area contributed by atoms with E-state index in [9.17, 15) is 9.90 Å². The van der Waals surface area contributed by atoms with Gasteiger partial charge in [0.2, 0.25) is 0 Å². The molecular formula is C20H24N2O3. The molecular weight excluding hydrogens is 316 g/mol. The maximum atomic E-state index is 12.6. The van der Waals surface area contributed by atoms with Gasteiger partial charge in [0, 0.05) is 25.8 Å². The van der Waals surface area contributed by atoms with Gasteiger partial charge in [0.1, 0.15) is 0 Å². The number of para-hydroxylation sites is 2. The van der Waals surface area contributed by atoms with Gasteiger partial charge in [0.05, 0.1) is 24.1 Å². The van der Waals surface area contributed by atoms with Crippen molar-refractivity contribution in [1.82, 2.24) is 0 Å². The summed E-state index contributed by atoms with van der Waals surface area (Å²) in [7, 11) is 1.64. The van der Waals surface area contributed by atoms with E-state index >= 15 is 0 Å². The normalized spacial score (nSPS) is 15.2. The summed E-state index contributed by atoms with van der Waals surface area (Å²) in [6, 6.07) is 15.3. The second-order valence-electron chi connectivity index (χ2n) is 6.32. The maximum absolute atomic E-state index is 12.6. The zero-order chi connectivity index (χ0) is 17.6. The van der Waals surface area contributed by atoms with E-state index in [1.807, 2.05) is 42.5 Å². The summed E-state index contributed by atoms with van der Waals surface area (Å²) in [5.41, 5.74) is 3.36. The second kappa shape index (κ2) is 8.14. The molecule has 0 atom stereocenters. The third kappa shape index (κ3) is 4.38. The van der Waals surface area contributed by atoms with E-state index in [4.69, 9.17) is 4.74 Å². The van der Waals surface area contributed by atoms with E-state index in [0.717, 1.165) is 42.9 Å². The number of hydrogen-bond acceptors (Lipinski definition) is 4. The predicted octanol–water partition coefficient (Wildman–Crippen LogP) is 3.05. The Morgan fingerprint density at radius 1 is 1.20 bits per heavy atom. The molecule has 2 aromatic carbocycles. The van der Waals surface area contributed by atoms with Crippen LogP contribution in [-0.2, 0) is 11.3 Å². The summed E-state index contributed by atoms with van der Waals surface area (Å²) in [6.07, 6.45) is 1.28. The molecule has 0 spiro atoms. The summed E-state index contributed by atoms with van der Waals surface area (Å²) in [4.78, 5) is 14.9. The first-order valence-electron chi connectivity index (χ1n) is 8.58. The minimum Gasteiger partial charge on any atom is -0.393 e. The molecule has 0 radical (unpaired) electrons. The van der Waals surface area contributed by atoms with Crippen molar-refractivity contribution in [3.05, 3.63) is 59.7 Å². The summed E-state index contributed by atoms with van der Waals surface area (Å²) in [5.74, 6) is -0.137. The van der Waals surface area contributed by atoms with E-state index in [2.05, 4.69) is 10.2 Å². The minimum absolute atomic E-state index is 0.137. The molecule has 1 aliphatic heterocycles. The van der Waals surface area contributed by atoms with Gasteiger partial charge in [-0.1, -0.05) is 24.3 Å². The van der Waals surface area contributed by atoms with Gasteiger partial charge in [-0.15, -0.1) is 0 Å². The fourth-order valence-corrected chi connectivity index (χ4v) is 3.13. The number of carbonyl (C=O) groups excluding carboxylic acids is 1. The van der Waals surface area contributed by atoms with E-state index in [1.165, 1.54) is 0 Å². The number of methoxy groups -OCH3 is 1. The molecule has 1 amide bonds. The highest BCUT2D eigenvalue weighted by Crippen LogP contribution is 2.28. The lowest BCUT2D eigenvalue weighted by Gasteiger charge is -2.32. The van der Waals surface area contributed by atoms with Crippen LogP contribution < -0.4 is 10.2 Å². The number of aliphatic hydroxyl groups is 1. The van der Waals surface area contributed by atoms with Crippen LogP contribution in [0.1, 0.15) is 28.8 Å². The third-order valence-corrected chi connectivity index (χ3v) is 4.46. The van der Waals surface area contributed by atoms with Crippen LogP contribution >= 0.6 is 0 Å². The fourth-order valence-electron chi connectivity index (χ4n) is 3.13. The monoisotopic (exact) mass is 340 g/mol. The number of nitrogens with one attached hydrogen (secondary N) is 1. The lowest BCUT2D eigenvalue weighted by atomic mass is 10.1. The lowest BCUT2D eigenvalue weighted by Crippen LogP contribution is -2.36.